The number of unbranched alkanes of at least 4 members (excludes halogenated alkanes) is 2. The number of thiophene rings is 1. The molecule has 1 aliphatic heterocycles. The molecule has 2 aromatic heterocycles. The van der Waals surface area contributed by atoms with Gasteiger partial charge in [-0.15, -0.1) is 11.3 Å². The summed E-state index contributed by atoms with van der Waals surface area (Å²) in [5.74, 6) is 0.272. The van der Waals surface area contributed by atoms with Gasteiger partial charge in [0, 0.05) is 4.88 Å². The highest BCUT2D eigenvalue weighted by atomic mass is 32.1. The molecule has 0 saturated carbocycles. The van der Waals surface area contributed by atoms with Crippen molar-refractivity contribution in [1.29, 1.82) is 0 Å². The molecule has 4 rings (SSSR count). The minimum absolute atomic E-state index is 0.175. The predicted octanol–water partition coefficient (Wildman–Crippen LogP) is 4.04. The number of benzene rings is 1. The molecule has 33 heavy (non-hydrogen) atoms. The van der Waals surface area contributed by atoms with Gasteiger partial charge in [-0.25, -0.2) is 9.79 Å². The maximum atomic E-state index is 13.4. The normalized spacial score (nSPS) is 15.8. The molecule has 0 bridgehead atoms. The van der Waals surface area contributed by atoms with Gasteiger partial charge in [0.2, 0.25) is 0 Å². The Kier molecular flexibility index (Phi) is 7.25. The van der Waals surface area contributed by atoms with Crippen molar-refractivity contribution in [3.63, 3.8) is 0 Å². The molecule has 0 N–H and O–H groups in total. The summed E-state index contributed by atoms with van der Waals surface area (Å²) >= 11 is 2.89. The molecule has 6 nitrogen and oxygen atoms in total. The number of methoxy groups -OCH3 is 1. The zero-order valence-electron chi connectivity index (χ0n) is 18.9. The predicted molar refractivity (Wildman–Crippen MR) is 132 cm³/mol. The van der Waals surface area contributed by atoms with Crippen LogP contribution in [0.15, 0.2) is 62.8 Å². The van der Waals surface area contributed by atoms with Crippen molar-refractivity contribution in [2.45, 2.75) is 39.2 Å². The molecule has 0 aliphatic carbocycles. The minimum Gasteiger partial charge on any atom is -0.494 e. The van der Waals surface area contributed by atoms with Gasteiger partial charge in [-0.05, 0) is 48.6 Å². The summed E-state index contributed by atoms with van der Waals surface area (Å²) in [4.78, 5) is 32.3. The zero-order valence-corrected chi connectivity index (χ0v) is 20.5. The molecule has 1 unspecified atom stereocenters. The van der Waals surface area contributed by atoms with Gasteiger partial charge in [-0.1, -0.05) is 49.3 Å². The maximum absolute atomic E-state index is 13.4. The molecule has 172 valence electrons. The van der Waals surface area contributed by atoms with E-state index in [1.165, 1.54) is 18.4 Å². The number of carbonyl (C=O) groups is 1. The van der Waals surface area contributed by atoms with Crippen LogP contribution < -0.4 is 19.6 Å². The Morgan fingerprint density at radius 3 is 2.67 bits per heavy atom. The lowest BCUT2D eigenvalue weighted by Gasteiger charge is -2.24. The molecular formula is C25H26N2O4S2. The molecule has 0 amide bonds. The van der Waals surface area contributed by atoms with E-state index in [1.54, 1.807) is 22.8 Å². The molecule has 1 aliphatic rings. The average Bonchev–Trinajstić information content (AvgIpc) is 3.44. The quantitative estimate of drug-likeness (QED) is 0.359. The smallest absolute Gasteiger partial charge is 0.338 e. The first-order valence-corrected chi connectivity index (χ1v) is 12.6. The van der Waals surface area contributed by atoms with Crippen molar-refractivity contribution in [1.82, 2.24) is 4.57 Å². The van der Waals surface area contributed by atoms with Crippen LogP contribution >= 0.6 is 22.7 Å². The minimum atomic E-state index is -0.617. The van der Waals surface area contributed by atoms with Gasteiger partial charge >= 0.3 is 5.97 Å². The van der Waals surface area contributed by atoms with E-state index in [4.69, 9.17) is 9.47 Å². The molecule has 0 saturated heterocycles. The summed E-state index contributed by atoms with van der Waals surface area (Å²) in [6.45, 7) is 4.60. The van der Waals surface area contributed by atoms with Crippen LogP contribution in [0.2, 0.25) is 0 Å². The molecule has 3 aromatic rings. The van der Waals surface area contributed by atoms with Crippen LogP contribution in [0.4, 0.5) is 0 Å². The summed E-state index contributed by atoms with van der Waals surface area (Å²) < 4.78 is 13.1. The van der Waals surface area contributed by atoms with E-state index >= 15 is 0 Å². The standard InChI is InChI=1S/C25H26N2O4S2/c1-4-5-6-13-31-18-11-9-17(10-12-18)22-21(24(29)30-3)16(2)26-25-27(22)23(28)20(33-25)15-19-8-7-14-32-19/h7-12,14-15,22H,4-6,13H2,1-3H3/b20-15-. The maximum Gasteiger partial charge on any atom is 0.338 e. The summed E-state index contributed by atoms with van der Waals surface area (Å²) in [7, 11) is 1.34. The number of carbonyl (C=O) groups excluding carboxylic acids is 1. The molecule has 0 spiro atoms. The van der Waals surface area contributed by atoms with Crippen LogP contribution in [-0.2, 0) is 9.53 Å². The number of hydrogen-bond donors (Lipinski definition) is 0. The lowest BCUT2D eigenvalue weighted by Crippen LogP contribution is -2.39. The number of ether oxygens (including phenoxy) is 2. The highest BCUT2D eigenvalue weighted by Gasteiger charge is 2.33. The van der Waals surface area contributed by atoms with Crippen LogP contribution in [0.3, 0.4) is 0 Å². The highest BCUT2D eigenvalue weighted by molar-refractivity contribution is 7.11. The third-order valence-corrected chi connectivity index (χ3v) is 7.26. The van der Waals surface area contributed by atoms with Crippen molar-refractivity contribution >= 4 is 34.7 Å². The van der Waals surface area contributed by atoms with Crippen molar-refractivity contribution in [2.75, 3.05) is 13.7 Å². The van der Waals surface area contributed by atoms with Crippen molar-refractivity contribution in [3.05, 3.63) is 83.2 Å². The largest absolute Gasteiger partial charge is 0.494 e. The van der Waals surface area contributed by atoms with Crippen molar-refractivity contribution in [3.8, 4) is 5.75 Å². The Morgan fingerprint density at radius 2 is 2.00 bits per heavy atom. The second-order valence-corrected chi connectivity index (χ2v) is 9.70. The van der Waals surface area contributed by atoms with Gasteiger partial charge in [-0.2, -0.15) is 0 Å². The molecule has 0 radical (unpaired) electrons. The van der Waals surface area contributed by atoms with Crippen molar-refractivity contribution < 1.29 is 14.3 Å². The fourth-order valence-corrected chi connectivity index (χ4v) is 5.57. The van der Waals surface area contributed by atoms with Gasteiger partial charge < -0.3 is 9.47 Å². The Morgan fingerprint density at radius 1 is 1.21 bits per heavy atom. The second-order valence-electron chi connectivity index (χ2n) is 7.71. The molecule has 3 heterocycles. The van der Waals surface area contributed by atoms with E-state index in [9.17, 15) is 9.59 Å². The third kappa shape index (κ3) is 4.86. The van der Waals surface area contributed by atoms with E-state index < -0.39 is 12.0 Å². The molecule has 0 fully saturated rings. The van der Waals surface area contributed by atoms with Gasteiger partial charge in [0.15, 0.2) is 4.80 Å². The first kappa shape index (κ1) is 23.2. The van der Waals surface area contributed by atoms with Crippen LogP contribution in [0.1, 0.15) is 49.6 Å². The van der Waals surface area contributed by atoms with E-state index in [1.807, 2.05) is 47.9 Å². The fourth-order valence-electron chi connectivity index (χ4n) is 3.80. The number of esters is 1. The van der Waals surface area contributed by atoms with E-state index in [2.05, 4.69) is 11.9 Å². The number of aromatic nitrogens is 1. The summed E-state index contributed by atoms with van der Waals surface area (Å²) in [5, 5.41) is 1.97. The van der Waals surface area contributed by atoms with Gasteiger partial charge in [0.05, 0.1) is 35.6 Å². The van der Waals surface area contributed by atoms with Crippen LogP contribution in [0, 0.1) is 0 Å². The van der Waals surface area contributed by atoms with Crippen LogP contribution in [0.25, 0.3) is 6.08 Å². The first-order chi connectivity index (χ1) is 16.0. The van der Waals surface area contributed by atoms with Gasteiger partial charge in [0.25, 0.3) is 5.56 Å². The topological polar surface area (TPSA) is 69.9 Å². The second kappa shape index (κ2) is 10.3. The number of rotatable bonds is 8. The summed E-state index contributed by atoms with van der Waals surface area (Å²) in [6, 6.07) is 10.9. The number of nitrogens with zero attached hydrogens (tertiary/aromatic N) is 2. The molecular weight excluding hydrogens is 456 g/mol. The molecule has 8 heteroatoms. The monoisotopic (exact) mass is 482 g/mol. The average molecular weight is 483 g/mol. The van der Waals surface area contributed by atoms with Gasteiger partial charge in [-0.3, -0.25) is 9.36 Å². The molecule has 1 aromatic carbocycles. The fraction of sp³-hybridized carbons (Fsp3) is 0.320. The number of hydrogen-bond acceptors (Lipinski definition) is 7. The zero-order chi connectivity index (χ0) is 23.4. The number of allylic oxidation sites excluding steroid dienone is 1. The Bertz CT molecular complexity index is 1330. The van der Waals surface area contributed by atoms with Crippen molar-refractivity contribution in [2.24, 2.45) is 4.99 Å². The van der Waals surface area contributed by atoms with E-state index in [-0.39, 0.29) is 5.56 Å². The lowest BCUT2D eigenvalue weighted by atomic mass is 9.96. The Balaban J connectivity index is 1.78. The first-order valence-electron chi connectivity index (χ1n) is 10.9. The lowest BCUT2D eigenvalue weighted by molar-refractivity contribution is -0.136. The van der Waals surface area contributed by atoms with Gasteiger partial charge in [0.1, 0.15) is 5.75 Å². The number of thiazole rings is 1. The van der Waals surface area contributed by atoms with Crippen LogP contribution in [0.5, 0.6) is 5.75 Å². The Hall–Kier alpha value is -2.97. The Labute approximate surface area is 200 Å². The van der Waals surface area contributed by atoms with E-state index in [0.29, 0.717) is 27.2 Å². The third-order valence-electron chi connectivity index (χ3n) is 5.46. The van der Waals surface area contributed by atoms with Crippen LogP contribution in [-0.4, -0.2) is 24.3 Å². The summed E-state index contributed by atoms with van der Waals surface area (Å²) in [5.41, 5.74) is 1.54. The molecule has 1 atom stereocenters. The summed E-state index contributed by atoms with van der Waals surface area (Å²) in [6.07, 6.45) is 5.15. The SMILES string of the molecule is CCCCCOc1ccc(C2C(C(=O)OC)=C(C)N=c3s/c(=C\c4cccs4)c(=O)n32)cc1. The number of fused-ring (bicyclic) bond motifs is 1. The highest BCUT2D eigenvalue weighted by Crippen LogP contribution is 2.31. The van der Waals surface area contributed by atoms with E-state index in [0.717, 1.165) is 35.5 Å².